The Hall–Kier alpha value is -0.870. The normalized spacial score (nSPS) is 27.0. The van der Waals surface area contributed by atoms with E-state index >= 15 is 0 Å². The maximum Gasteiger partial charge on any atom is 0.251 e. The zero-order valence-corrected chi connectivity index (χ0v) is 12.7. The quantitative estimate of drug-likeness (QED) is 0.897. The summed E-state index contributed by atoms with van der Waals surface area (Å²) in [5.41, 5.74) is -0.115. The van der Waals surface area contributed by atoms with Crippen molar-refractivity contribution in [3.05, 3.63) is 34.3 Å². The van der Waals surface area contributed by atoms with Crippen LogP contribution in [0.3, 0.4) is 0 Å². The zero-order valence-electron chi connectivity index (χ0n) is 11.2. The molecule has 1 aliphatic rings. The Labute approximate surface area is 122 Å². The Morgan fingerprint density at radius 2 is 2.16 bits per heavy atom. The third kappa shape index (κ3) is 4.05. The number of aliphatic hydroxyl groups is 1. The minimum absolute atomic E-state index is 0.131. The summed E-state index contributed by atoms with van der Waals surface area (Å²) in [6.07, 6.45) is 3.60. The SMILES string of the molecule is CC1CCC(O)(CNC(=O)c2cccc(Br)c2)CC1. The Morgan fingerprint density at radius 3 is 2.79 bits per heavy atom. The first-order chi connectivity index (χ1) is 8.98. The van der Waals surface area contributed by atoms with Crippen molar-refractivity contribution in [3.8, 4) is 0 Å². The molecule has 0 bridgehead atoms. The minimum atomic E-state index is -0.728. The molecule has 0 spiro atoms. The molecule has 0 aromatic heterocycles. The number of amides is 1. The summed E-state index contributed by atoms with van der Waals surface area (Å²) in [5.74, 6) is 0.550. The first-order valence-electron chi connectivity index (χ1n) is 6.75. The zero-order chi connectivity index (χ0) is 13.9. The lowest BCUT2D eigenvalue weighted by Crippen LogP contribution is -2.45. The van der Waals surface area contributed by atoms with E-state index in [1.165, 1.54) is 0 Å². The molecule has 2 rings (SSSR count). The molecular weight excluding hydrogens is 306 g/mol. The Bertz CT molecular complexity index is 453. The van der Waals surface area contributed by atoms with E-state index in [4.69, 9.17) is 0 Å². The molecule has 2 N–H and O–H groups in total. The van der Waals surface area contributed by atoms with Gasteiger partial charge in [-0.2, -0.15) is 0 Å². The van der Waals surface area contributed by atoms with Crippen LogP contribution >= 0.6 is 15.9 Å². The van der Waals surface area contributed by atoms with Crippen molar-refractivity contribution < 1.29 is 9.90 Å². The number of hydrogen-bond acceptors (Lipinski definition) is 2. The summed E-state index contributed by atoms with van der Waals surface area (Å²) >= 11 is 3.35. The van der Waals surface area contributed by atoms with Crippen LogP contribution in [0.15, 0.2) is 28.7 Å². The maximum atomic E-state index is 12.0. The predicted molar refractivity (Wildman–Crippen MR) is 79.1 cm³/mol. The molecular formula is C15H20BrNO2. The Morgan fingerprint density at radius 1 is 1.47 bits per heavy atom. The third-order valence-corrected chi connectivity index (χ3v) is 4.36. The summed E-state index contributed by atoms with van der Waals surface area (Å²) < 4.78 is 0.880. The van der Waals surface area contributed by atoms with Crippen LogP contribution in [0.5, 0.6) is 0 Å². The minimum Gasteiger partial charge on any atom is -0.388 e. The van der Waals surface area contributed by atoms with Gasteiger partial charge in [0.15, 0.2) is 0 Å². The number of benzene rings is 1. The van der Waals surface area contributed by atoms with E-state index in [0.717, 1.165) is 30.2 Å². The van der Waals surface area contributed by atoms with Gasteiger partial charge in [-0.1, -0.05) is 28.9 Å². The van der Waals surface area contributed by atoms with Crippen molar-refractivity contribution in [3.63, 3.8) is 0 Å². The molecule has 1 amide bonds. The molecule has 0 aliphatic heterocycles. The van der Waals surface area contributed by atoms with Gasteiger partial charge in [0.2, 0.25) is 0 Å². The predicted octanol–water partition coefficient (Wildman–Crippen LogP) is 3.12. The highest BCUT2D eigenvalue weighted by Gasteiger charge is 2.32. The lowest BCUT2D eigenvalue weighted by atomic mass is 9.79. The number of nitrogens with one attached hydrogen (secondary N) is 1. The van der Waals surface area contributed by atoms with Crippen molar-refractivity contribution >= 4 is 21.8 Å². The molecule has 19 heavy (non-hydrogen) atoms. The summed E-state index contributed by atoms with van der Waals surface area (Å²) in [6, 6.07) is 7.26. The van der Waals surface area contributed by atoms with Crippen molar-refractivity contribution in [2.24, 2.45) is 5.92 Å². The van der Waals surface area contributed by atoms with E-state index in [1.54, 1.807) is 12.1 Å². The first kappa shape index (κ1) is 14.5. The number of rotatable bonds is 3. The number of carbonyl (C=O) groups is 1. The summed E-state index contributed by atoms with van der Waals surface area (Å²) in [6.45, 7) is 2.55. The van der Waals surface area contributed by atoms with E-state index in [1.807, 2.05) is 12.1 Å². The van der Waals surface area contributed by atoms with Gasteiger partial charge in [-0.25, -0.2) is 0 Å². The highest BCUT2D eigenvalue weighted by atomic mass is 79.9. The molecule has 0 saturated heterocycles. The first-order valence-corrected chi connectivity index (χ1v) is 7.54. The highest BCUT2D eigenvalue weighted by Crippen LogP contribution is 2.31. The van der Waals surface area contributed by atoms with Crippen LogP contribution in [0.2, 0.25) is 0 Å². The molecule has 1 aromatic rings. The van der Waals surface area contributed by atoms with Gasteiger partial charge in [0, 0.05) is 16.6 Å². The van der Waals surface area contributed by atoms with Crippen molar-refractivity contribution in [1.29, 1.82) is 0 Å². The van der Waals surface area contributed by atoms with E-state index in [9.17, 15) is 9.90 Å². The lowest BCUT2D eigenvalue weighted by Gasteiger charge is -2.34. The van der Waals surface area contributed by atoms with Gasteiger partial charge in [-0.3, -0.25) is 4.79 Å². The topological polar surface area (TPSA) is 49.3 Å². The largest absolute Gasteiger partial charge is 0.388 e. The second kappa shape index (κ2) is 6.06. The number of hydrogen-bond donors (Lipinski definition) is 2. The van der Waals surface area contributed by atoms with Crippen LogP contribution in [0.25, 0.3) is 0 Å². The molecule has 104 valence electrons. The molecule has 4 heteroatoms. The summed E-state index contributed by atoms with van der Waals surface area (Å²) in [4.78, 5) is 12.0. The number of halogens is 1. The number of carbonyl (C=O) groups excluding carboxylic acids is 1. The molecule has 0 atom stereocenters. The van der Waals surface area contributed by atoms with Crippen molar-refractivity contribution in [2.75, 3.05) is 6.54 Å². The van der Waals surface area contributed by atoms with Gasteiger partial charge >= 0.3 is 0 Å². The van der Waals surface area contributed by atoms with Crippen LogP contribution in [0.1, 0.15) is 43.0 Å². The fourth-order valence-corrected chi connectivity index (χ4v) is 2.85. The Balaban J connectivity index is 1.90. The van der Waals surface area contributed by atoms with Gasteiger partial charge in [-0.05, 0) is 49.8 Å². The molecule has 3 nitrogen and oxygen atoms in total. The molecule has 1 fully saturated rings. The van der Waals surface area contributed by atoms with Crippen LogP contribution in [-0.4, -0.2) is 23.2 Å². The molecule has 0 unspecified atom stereocenters. The van der Waals surface area contributed by atoms with Gasteiger partial charge in [0.05, 0.1) is 5.60 Å². The van der Waals surface area contributed by atoms with Crippen molar-refractivity contribution in [1.82, 2.24) is 5.32 Å². The smallest absolute Gasteiger partial charge is 0.251 e. The van der Waals surface area contributed by atoms with Crippen LogP contribution < -0.4 is 5.32 Å². The van der Waals surface area contributed by atoms with Crippen LogP contribution in [-0.2, 0) is 0 Å². The lowest BCUT2D eigenvalue weighted by molar-refractivity contribution is -0.00539. The van der Waals surface area contributed by atoms with Gasteiger partial charge < -0.3 is 10.4 Å². The summed E-state index contributed by atoms with van der Waals surface area (Å²) in [7, 11) is 0. The fourth-order valence-electron chi connectivity index (χ4n) is 2.45. The van der Waals surface area contributed by atoms with E-state index in [0.29, 0.717) is 18.0 Å². The third-order valence-electron chi connectivity index (χ3n) is 3.87. The van der Waals surface area contributed by atoms with E-state index in [2.05, 4.69) is 28.2 Å². The summed E-state index contributed by atoms with van der Waals surface area (Å²) in [5, 5.41) is 13.3. The molecule has 0 heterocycles. The van der Waals surface area contributed by atoms with Crippen molar-refractivity contribution in [2.45, 2.75) is 38.2 Å². The fraction of sp³-hybridized carbons (Fsp3) is 0.533. The second-order valence-electron chi connectivity index (χ2n) is 5.60. The second-order valence-corrected chi connectivity index (χ2v) is 6.52. The maximum absolute atomic E-state index is 12.0. The monoisotopic (exact) mass is 325 g/mol. The molecule has 1 aliphatic carbocycles. The Kier molecular flexibility index (Phi) is 4.63. The average Bonchev–Trinajstić information content (AvgIpc) is 2.40. The van der Waals surface area contributed by atoms with Crippen LogP contribution in [0.4, 0.5) is 0 Å². The van der Waals surface area contributed by atoms with Gasteiger partial charge in [0.1, 0.15) is 0 Å². The van der Waals surface area contributed by atoms with E-state index < -0.39 is 5.60 Å². The van der Waals surface area contributed by atoms with Gasteiger partial charge in [0.25, 0.3) is 5.91 Å². The van der Waals surface area contributed by atoms with Crippen LogP contribution in [0, 0.1) is 5.92 Å². The van der Waals surface area contributed by atoms with Gasteiger partial charge in [-0.15, -0.1) is 0 Å². The molecule has 1 aromatic carbocycles. The van der Waals surface area contributed by atoms with E-state index in [-0.39, 0.29) is 5.91 Å². The molecule has 1 saturated carbocycles. The average molecular weight is 326 g/mol. The highest BCUT2D eigenvalue weighted by molar-refractivity contribution is 9.10. The molecule has 0 radical (unpaired) electrons. The standard InChI is InChI=1S/C15H20BrNO2/c1-11-5-7-15(19,8-6-11)10-17-14(18)12-3-2-4-13(16)9-12/h2-4,9,11,19H,5-8,10H2,1H3,(H,17,18).